The zero-order valence-electron chi connectivity index (χ0n) is 11.6. The maximum absolute atomic E-state index is 12.8. The molecule has 1 aliphatic heterocycles. The van der Waals surface area contributed by atoms with Gasteiger partial charge in [-0.25, -0.2) is 14.0 Å². The Hall–Kier alpha value is -2.03. The summed E-state index contributed by atoms with van der Waals surface area (Å²) in [5.41, 5.74) is 1.08. The molecule has 0 saturated carbocycles. The van der Waals surface area contributed by atoms with Gasteiger partial charge in [0.1, 0.15) is 5.82 Å². The van der Waals surface area contributed by atoms with Crippen molar-refractivity contribution in [2.75, 3.05) is 6.54 Å². The molecule has 3 atom stereocenters. The van der Waals surface area contributed by atoms with E-state index in [1.807, 2.05) is 6.07 Å². The minimum atomic E-state index is -2.27. The number of benzene rings is 1. The van der Waals surface area contributed by atoms with Crippen molar-refractivity contribution in [1.29, 1.82) is 0 Å². The normalized spacial score (nSPS) is 19.7. The van der Waals surface area contributed by atoms with E-state index >= 15 is 0 Å². The number of hydrogen-bond donors (Lipinski definition) is 5. The molecule has 1 aromatic carbocycles. The SMILES string of the molecule is Fc1cccc([C@H]2CCCN2)c1.O=C(O)[C@@H](O)[C@H](O)C(=O)O. The van der Waals surface area contributed by atoms with Crippen LogP contribution in [0.3, 0.4) is 0 Å². The molecule has 1 heterocycles. The highest BCUT2D eigenvalue weighted by Gasteiger charge is 2.29. The highest BCUT2D eigenvalue weighted by molar-refractivity contribution is 5.83. The third-order valence-corrected chi connectivity index (χ3v) is 3.12. The topological polar surface area (TPSA) is 127 Å². The maximum Gasteiger partial charge on any atom is 0.335 e. The van der Waals surface area contributed by atoms with Crippen molar-refractivity contribution in [3.8, 4) is 0 Å². The molecule has 0 unspecified atom stereocenters. The summed E-state index contributed by atoms with van der Waals surface area (Å²) in [6.07, 6.45) is -2.21. The largest absolute Gasteiger partial charge is 0.479 e. The highest BCUT2D eigenvalue weighted by Crippen LogP contribution is 2.22. The number of halogens is 1. The van der Waals surface area contributed by atoms with Gasteiger partial charge in [-0.1, -0.05) is 12.1 Å². The van der Waals surface area contributed by atoms with E-state index in [0.717, 1.165) is 18.5 Å². The number of carbonyl (C=O) groups is 2. The lowest BCUT2D eigenvalue weighted by molar-refractivity contribution is -0.165. The van der Waals surface area contributed by atoms with Crippen LogP contribution in [0.4, 0.5) is 4.39 Å². The molecule has 1 fully saturated rings. The van der Waals surface area contributed by atoms with E-state index in [0.29, 0.717) is 6.04 Å². The molecule has 0 spiro atoms. The molecule has 0 bridgehead atoms. The Kier molecular flexibility index (Phi) is 6.90. The third kappa shape index (κ3) is 5.40. The van der Waals surface area contributed by atoms with Crippen molar-refractivity contribution in [2.45, 2.75) is 31.1 Å². The molecule has 5 N–H and O–H groups in total. The van der Waals surface area contributed by atoms with Gasteiger partial charge in [-0.05, 0) is 37.1 Å². The van der Waals surface area contributed by atoms with Crippen molar-refractivity contribution in [3.05, 3.63) is 35.6 Å². The van der Waals surface area contributed by atoms with Gasteiger partial charge in [-0.3, -0.25) is 0 Å². The number of hydrogen-bond acceptors (Lipinski definition) is 5. The fraction of sp³-hybridized carbons (Fsp3) is 0.429. The van der Waals surface area contributed by atoms with Crippen molar-refractivity contribution < 1.29 is 34.4 Å². The number of aliphatic carboxylic acids is 2. The fourth-order valence-electron chi connectivity index (χ4n) is 1.96. The minimum absolute atomic E-state index is 0.138. The van der Waals surface area contributed by atoms with E-state index in [4.69, 9.17) is 20.4 Å². The van der Waals surface area contributed by atoms with Gasteiger partial charge in [-0.2, -0.15) is 0 Å². The van der Waals surface area contributed by atoms with Crippen LogP contribution in [0.1, 0.15) is 24.4 Å². The third-order valence-electron chi connectivity index (χ3n) is 3.12. The molecule has 0 radical (unpaired) electrons. The highest BCUT2D eigenvalue weighted by atomic mass is 19.1. The molecule has 22 heavy (non-hydrogen) atoms. The Morgan fingerprint density at radius 3 is 2.18 bits per heavy atom. The van der Waals surface area contributed by atoms with Gasteiger partial charge in [0.05, 0.1) is 0 Å². The minimum Gasteiger partial charge on any atom is -0.479 e. The summed E-state index contributed by atoms with van der Waals surface area (Å²) in [7, 11) is 0. The van der Waals surface area contributed by atoms with E-state index in [9.17, 15) is 14.0 Å². The van der Waals surface area contributed by atoms with Crippen molar-refractivity contribution in [1.82, 2.24) is 5.32 Å². The average Bonchev–Trinajstić information content (AvgIpc) is 3.00. The molecule has 0 aromatic heterocycles. The summed E-state index contributed by atoms with van der Waals surface area (Å²) in [6.45, 7) is 1.06. The second-order valence-corrected chi connectivity index (χ2v) is 4.77. The van der Waals surface area contributed by atoms with E-state index in [1.165, 1.54) is 12.5 Å². The van der Waals surface area contributed by atoms with Gasteiger partial charge in [0.25, 0.3) is 0 Å². The quantitative estimate of drug-likeness (QED) is 0.534. The first kappa shape index (κ1) is 18.0. The molecule has 122 valence electrons. The van der Waals surface area contributed by atoms with Crippen LogP contribution in [0, 0.1) is 5.82 Å². The van der Waals surface area contributed by atoms with E-state index in [2.05, 4.69) is 5.32 Å². The van der Waals surface area contributed by atoms with Crippen molar-refractivity contribution >= 4 is 11.9 Å². The molecule has 2 rings (SSSR count). The number of aliphatic hydroxyl groups is 2. The van der Waals surface area contributed by atoms with Crippen LogP contribution >= 0.6 is 0 Å². The number of aliphatic hydroxyl groups excluding tert-OH is 2. The van der Waals surface area contributed by atoms with Crippen LogP contribution in [0.15, 0.2) is 24.3 Å². The summed E-state index contributed by atoms with van der Waals surface area (Å²) < 4.78 is 12.8. The lowest BCUT2D eigenvalue weighted by Gasteiger charge is -2.09. The first-order valence-electron chi connectivity index (χ1n) is 6.63. The average molecular weight is 315 g/mol. The van der Waals surface area contributed by atoms with Crippen LogP contribution in [0.25, 0.3) is 0 Å². The zero-order chi connectivity index (χ0) is 16.7. The van der Waals surface area contributed by atoms with Gasteiger partial charge < -0.3 is 25.7 Å². The predicted octanol–water partition coefficient (Wildman–Crippen LogP) is 0.128. The number of carboxylic acids is 2. The summed E-state index contributed by atoms with van der Waals surface area (Å²) >= 11 is 0. The summed E-state index contributed by atoms with van der Waals surface area (Å²) in [5.74, 6) is -3.67. The molecule has 1 saturated heterocycles. The molecule has 7 nitrogen and oxygen atoms in total. The number of carboxylic acid groups (broad SMARTS) is 2. The summed E-state index contributed by atoms with van der Waals surface area (Å²) in [5, 5.41) is 35.9. The Morgan fingerprint density at radius 2 is 1.77 bits per heavy atom. The maximum atomic E-state index is 12.8. The molecule has 1 aliphatic rings. The molecular formula is C14H18FNO6. The standard InChI is InChI=1S/C10H12FN.C4H6O6/c11-9-4-1-3-8(7-9)10-5-2-6-12-10;5-1(3(7)8)2(6)4(9)10/h1,3-4,7,10,12H,2,5-6H2;1-2,5-6H,(H,7,8)(H,9,10)/t10-;1-,2-/m10/s1. The molecule has 1 aromatic rings. The first-order chi connectivity index (χ1) is 10.3. The van der Waals surface area contributed by atoms with Crippen LogP contribution in [-0.4, -0.2) is 51.1 Å². The van der Waals surface area contributed by atoms with Crippen LogP contribution in [0.2, 0.25) is 0 Å². The predicted molar refractivity (Wildman–Crippen MR) is 73.7 cm³/mol. The lowest BCUT2D eigenvalue weighted by atomic mass is 10.1. The van der Waals surface area contributed by atoms with E-state index < -0.39 is 24.1 Å². The van der Waals surface area contributed by atoms with E-state index in [1.54, 1.807) is 12.1 Å². The smallest absolute Gasteiger partial charge is 0.335 e. The molecular weight excluding hydrogens is 297 g/mol. The van der Waals surface area contributed by atoms with Gasteiger partial charge in [0.15, 0.2) is 12.2 Å². The lowest BCUT2D eigenvalue weighted by Crippen LogP contribution is -2.39. The summed E-state index contributed by atoms with van der Waals surface area (Å²) in [4.78, 5) is 19.5. The summed E-state index contributed by atoms with van der Waals surface area (Å²) in [6, 6.07) is 7.22. The Bertz CT molecular complexity index is 500. The molecule has 0 aliphatic carbocycles. The van der Waals surface area contributed by atoms with Crippen LogP contribution in [0.5, 0.6) is 0 Å². The molecule has 8 heteroatoms. The Balaban J connectivity index is 0.000000225. The van der Waals surface area contributed by atoms with Crippen molar-refractivity contribution in [3.63, 3.8) is 0 Å². The Labute approximate surface area is 126 Å². The van der Waals surface area contributed by atoms with Crippen molar-refractivity contribution in [2.24, 2.45) is 0 Å². The number of nitrogens with one attached hydrogen (secondary N) is 1. The second-order valence-electron chi connectivity index (χ2n) is 4.77. The van der Waals surface area contributed by atoms with Crippen LogP contribution in [-0.2, 0) is 9.59 Å². The Morgan fingerprint density at radius 1 is 1.18 bits per heavy atom. The van der Waals surface area contributed by atoms with Gasteiger partial charge >= 0.3 is 11.9 Å². The number of rotatable bonds is 4. The van der Waals surface area contributed by atoms with Gasteiger partial charge in [-0.15, -0.1) is 0 Å². The second kappa shape index (κ2) is 8.42. The zero-order valence-corrected chi connectivity index (χ0v) is 11.6. The monoisotopic (exact) mass is 315 g/mol. The van der Waals surface area contributed by atoms with Gasteiger partial charge in [0, 0.05) is 6.04 Å². The van der Waals surface area contributed by atoms with Crippen LogP contribution < -0.4 is 5.32 Å². The fourth-order valence-corrected chi connectivity index (χ4v) is 1.96. The first-order valence-corrected chi connectivity index (χ1v) is 6.63. The van der Waals surface area contributed by atoms with Gasteiger partial charge in [0.2, 0.25) is 0 Å². The van der Waals surface area contributed by atoms with E-state index in [-0.39, 0.29) is 5.82 Å². The molecule has 0 amide bonds.